The third-order valence-electron chi connectivity index (χ3n) is 4.47. The molecule has 140 valence electrons. The van der Waals surface area contributed by atoms with Gasteiger partial charge in [-0.1, -0.05) is 46.9 Å². The van der Waals surface area contributed by atoms with Crippen molar-refractivity contribution in [2.45, 2.75) is 4.90 Å². The second kappa shape index (κ2) is 8.36. The maximum atomic E-state index is 12.6. The van der Waals surface area contributed by atoms with Gasteiger partial charge in [-0.2, -0.15) is 0 Å². The Morgan fingerprint density at radius 3 is 2.27 bits per heavy atom. The number of piperazine rings is 1. The van der Waals surface area contributed by atoms with E-state index in [1.807, 2.05) is 24.3 Å². The van der Waals surface area contributed by atoms with E-state index in [9.17, 15) is 8.42 Å². The van der Waals surface area contributed by atoms with Crippen molar-refractivity contribution < 1.29 is 8.42 Å². The Morgan fingerprint density at radius 2 is 1.58 bits per heavy atom. The molecule has 0 aliphatic carbocycles. The summed E-state index contributed by atoms with van der Waals surface area (Å²) in [6.07, 6.45) is 0. The number of anilines is 1. The summed E-state index contributed by atoms with van der Waals surface area (Å²) >= 11 is 18.2. The van der Waals surface area contributed by atoms with Crippen molar-refractivity contribution in [3.8, 4) is 0 Å². The fraction of sp³-hybridized carbons (Fsp3) is 0.333. The van der Waals surface area contributed by atoms with Crippen LogP contribution in [0.15, 0.2) is 47.4 Å². The lowest BCUT2D eigenvalue weighted by Gasteiger charge is -2.36. The monoisotopic (exact) mass is 432 g/mol. The Morgan fingerprint density at radius 1 is 0.885 bits per heavy atom. The summed E-state index contributed by atoms with van der Waals surface area (Å²) < 4.78 is 25.2. The van der Waals surface area contributed by atoms with Gasteiger partial charge in [0.15, 0.2) is 9.84 Å². The highest BCUT2D eigenvalue weighted by atomic mass is 35.5. The molecule has 0 N–H and O–H groups in total. The second-order valence-corrected chi connectivity index (χ2v) is 9.50. The molecule has 0 unspecified atom stereocenters. The minimum atomic E-state index is -3.48. The fourth-order valence-electron chi connectivity index (χ4n) is 3.00. The van der Waals surface area contributed by atoms with E-state index in [4.69, 9.17) is 34.8 Å². The number of benzene rings is 2. The quantitative estimate of drug-likeness (QED) is 0.707. The summed E-state index contributed by atoms with van der Waals surface area (Å²) in [5.41, 5.74) is 1.02. The van der Waals surface area contributed by atoms with Crippen LogP contribution in [0.25, 0.3) is 0 Å². The Balaban J connectivity index is 1.58. The lowest BCUT2D eigenvalue weighted by atomic mass is 10.2. The third-order valence-corrected chi connectivity index (χ3v) is 7.19. The zero-order valence-electron chi connectivity index (χ0n) is 14.0. The van der Waals surface area contributed by atoms with E-state index in [1.165, 1.54) is 12.1 Å². The molecule has 2 aromatic carbocycles. The number of nitrogens with zero attached hydrogens (tertiary/aromatic N) is 2. The van der Waals surface area contributed by atoms with Crippen molar-refractivity contribution in [3.05, 3.63) is 57.5 Å². The molecule has 0 bridgehead atoms. The van der Waals surface area contributed by atoms with Crippen LogP contribution in [0.2, 0.25) is 15.1 Å². The summed E-state index contributed by atoms with van der Waals surface area (Å²) in [6.45, 7) is 3.64. The molecule has 1 saturated heterocycles. The first-order chi connectivity index (χ1) is 12.4. The van der Waals surface area contributed by atoms with Crippen LogP contribution in [0.5, 0.6) is 0 Å². The highest BCUT2D eigenvalue weighted by molar-refractivity contribution is 7.91. The molecule has 3 rings (SSSR count). The topological polar surface area (TPSA) is 40.6 Å². The van der Waals surface area contributed by atoms with Gasteiger partial charge in [-0.05, 0) is 30.3 Å². The number of para-hydroxylation sites is 1. The van der Waals surface area contributed by atoms with Crippen molar-refractivity contribution in [1.29, 1.82) is 0 Å². The molecule has 1 aliphatic rings. The van der Waals surface area contributed by atoms with Gasteiger partial charge < -0.3 is 4.90 Å². The van der Waals surface area contributed by atoms with Crippen LogP contribution < -0.4 is 4.90 Å². The predicted octanol–water partition coefficient (Wildman–Crippen LogP) is 4.24. The molecule has 0 spiro atoms. The van der Waals surface area contributed by atoms with E-state index < -0.39 is 9.84 Å². The van der Waals surface area contributed by atoms with Crippen LogP contribution in [0.4, 0.5) is 5.69 Å². The minimum Gasteiger partial charge on any atom is -0.368 e. The van der Waals surface area contributed by atoms with Gasteiger partial charge in [0.25, 0.3) is 0 Å². The van der Waals surface area contributed by atoms with Crippen molar-refractivity contribution in [1.82, 2.24) is 4.90 Å². The zero-order chi connectivity index (χ0) is 18.7. The van der Waals surface area contributed by atoms with Crippen LogP contribution >= 0.6 is 34.8 Å². The molecule has 26 heavy (non-hydrogen) atoms. The maximum absolute atomic E-state index is 12.6. The number of sulfone groups is 1. The highest BCUT2D eigenvalue weighted by Gasteiger charge is 2.23. The van der Waals surface area contributed by atoms with Gasteiger partial charge in [-0.15, -0.1) is 0 Å². The third kappa shape index (κ3) is 4.65. The fourth-order valence-corrected chi connectivity index (χ4v) is 5.35. The van der Waals surface area contributed by atoms with Crippen molar-refractivity contribution in [2.75, 3.05) is 43.4 Å². The van der Waals surface area contributed by atoms with Crippen LogP contribution in [0.3, 0.4) is 0 Å². The Kier molecular flexibility index (Phi) is 6.36. The van der Waals surface area contributed by atoms with Crippen LogP contribution in [-0.4, -0.2) is 51.8 Å². The van der Waals surface area contributed by atoms with Crippen molar-refractivity contribution in [2.24, 2.45) is 0 Å². The highest BCUT2D eigenvalue weighted by Crippen LogP contribution is 2.27. The average Bonchev–Trinajstić information content (AvgIpc) is 2.63. The van der Waals surface area contributed by atoms with E-state index >= 15 is 0 Å². The largest absolute Gasteiger partial charge is 0.368 e. The van der Waals surface area contributed by atoms with E-state index in [2.05, 4.69) is 9.80 Å². The molecule has 1 heterocycles. The molecule has 4 nitrogen and oxygen atoms in total. The predicted molar refractivity (Wildman–Crippen MR) is 109 cm³/mol. The normalized spacial score (nSPS) is 16.0. The van der Waals surface area contributed by atoms with Gasteiger partial charge in [0, 0.05) is 37.7 Å². The van der Waals surface area contributed by atoms with E-state index in [0.29, 0.717) is 11.6 Å². The van der Waals surface area contributed by atoms with Crippen molar-refractivity contribution in [3.63, 3.8) is 0 Å². The molecule has 8 heteroatoms. The Hall–Kier alpha value is -0.980. The first-order valence-corrected chi connectivity index (χ1v) is 11.0. The first kappa shape index (κ1) is 19.8. The summed E-state index contributed by atoms with van der Waals surface area (Å²) in [4.78, 5) is 4.46. The van der Waals surface area contributed by atoms with Crippen LogP contribution in [0.1, 0.15) is 0 Å². The summed E-state index contributed by atoms with van der Waals surface area (Å²) in [5.74, 6) is 0.0131. The second-order valence-electron chi connectivity index (χ2n) is 6.17. The molecule has 0 saturated carbocycles. The minimum absolute atomic E-state index is 0.0131. The van der Waals surface area contributed by atoms with Gasteiger partial charge in [-0.25, -0.2) is 8.42 Å². The summed E-state index contributed by atoms with van der Waals surface area (Å²) in [5, 5.41) is 1.30. The number of rotatable bonds is 5. The van der Waals surface area contributed by atoms with Gasteiger partial charge in [0.2, 0.25) is 0 Å². The van der Waals surface area contributed by atoms with Gasteiger partial charge in [-0.3, -0.25) is 4.90 Å². The molecule has 2 aromatic rings. The first-order valence-electron chi connectivity index (χ1n) is 8.26. The lowest BCUT2D eigenvalue weighted by molar-refractivity contribution is 0.272. The van der Waals surface area contributed by atoms with Gasteiger partial charge >= 0.3 is 0 Å². The Labute approximate surface area is 169 Å². The van der Waals surface area contributed by atoms with Crippen LogP contribution in [-0.2, 0) is 9.84 Å². The molecule has 0 radical (unpaired) electrons. The standard InChI is InChI=1S/C18H19Cl3N2O2S/c19-14-5-6-16(21)18(13-14)26(24,25)12-11-22-7-9-23(10-8-22)17-4-2-1-3-15(17)20/h1-6,13H,7-12H2. The number of halogens is 3. The molecule has 0 atom stereocenters. The van der Waals surface area contributed by atoms with Gasteiger partial charge in [0.05, 0.1) is 26.4 Å². The number of hydrogen-bond donors (Lipinski definition) is 0. The molecular formula is C18H19Cl3N2O2S. The molecule has 0 aromatic heterocycles. The average molecular weight is 434 g/mol. The maximum Gasteiger partial charge on any atom is 0.181 e. The molecule has 0 amide bonds. The van der Waals surface area contributed by atoms with E-state index in [1.54, 1.807) is 6.07 Å². The van der Waals surface area contributed by atoms with Crippen molar-refractivity contribution >= 4 is 50.3 Å². The van der Waals surface area contributed by atoms with E-state index in [-0.39, 0.29) is 15.7 Å². The smallest absolute Gasteiger partial charge is 0.181 e. The van der Waals surface area contributed by atoms with E-state index in [0.717, 1.165) is 36.9 Å². The SMILES string of the molecule is O=S(=O)(CCN1CCN(c2ccccc2Cl)CC1)c1cc(Cl)ccc1Cl. The summed E-state index contributed by atoms with van der Waals surface area (Å²) in [7, 11) is -3.48. The number of hydrogen-bond acceptors (Lipinski definition) is 4. The molecular weight excluding hydrogens is 415 g/mol. The zero-order valence-corrected chi connectivity index (χ0v) is 17.1. The Bertz CT molecular complexity index is 882. The molecule has 1 aliphatic heterocycles. The summed E-state index contributed by atoms with van der Waals surface area (Å²) in [6, 6.07) is 12.3. The van der Waals surface area contributed by atoms with Crippen LogP contribution in [0, 0.1) is 0 Å². The van der Waals surface area contributed by atoms with Gasteiger partial charge in [0.1, 0.15) is 0 Å². The molecule has 1 fully saturated rings. The lowest BCUT2D eigenvalue weighted by Crippen LogP contribution is -2.47.